The van der Waals surface area contributed by atoms with Crippen LogP contribution in [0.5, 0.6) is 0 Å². The van der Waals surface area contributed by atoms with Gasteiger partial charge in [-0.1, -0.05) is 31.9 Å². The highest BCUT2D eigenvalue weighted by Gasteiger charge is 2.16. The maximum Gasteiger partial charge on any atom is 0.408 e. The summed E-state index contributed by atoms with van der Waals surface area (Å²) in [6.07, 6.45) is 0.587. The maximum atomic E-state index is 11.0. The number of ether oxygens (including phenoxy) is 2. The van der Waals surface area contributed by atoms with Crippen LogP contribution in [-0.2, 0) is 14.3 Å². The maximum absolute atomic E-state index is 11.0. The fourth-order valence-electron chi connectivity index (χ4n) is 0.570. The molecule has 6 heteroatoms. The van der Waals surface area contributed by atoms with Gasteiger partial charge in [-0.3, -0.25) is 4.79 Å². The van der Waals surface area contributed by atoms with Gasteiger partial charge in [-0.2, -0.15) is 0 Å². The summed E-state index contributed by atoms with van der Waals surface area (Å²) in [6, 6.07) is -0.227. The molecule has 0 heterocycles. The van der Waals surface area contributed by atoms with Crippen LogP contribution in [0.25, 0.3) is 0 Å². The number of rotatable bonds is 3. The Morgan fingerprint density at radius 3 is 2.06 bits per heavy atom. The van der Waals surface area contributed by atoms with Gasteiger partial charge in [0.25, 0.3) is 0 Å². The summed E-state index contributed by atoms with van der Waals surface area (Å²) in [4.78, 5) is 21.7. The molecule has 1 N–H and O–H groups in total. The molecule has 0 spiro atoms. The molecule has 0 bridgehead atoms. The van der Waals surface area contributed by atoms with Gasteiger partial charge in [0.15, 0.2) is 6.07 Å². The molecule has 0 rings (SSSR count). The molecule has 102 valence electrons. The summed E-state index contributed by atoms with van der Waals surface area (Å²) in [5.41, 5.74) is -0.583. The second-order valence-electron chi connectivity index (χ2n) is 4.19. The molecular formula is C11H22ClNO4. The van der Waals surface area contributed by atoms with Crippen molar-refractivity contribution in [1.29, 1.82) is 0 Å². The molecule has 0 aliphatic rings. The van der Waals surface area contributed by atoms with Crippen molar-refractivity contribution in [3.63, 3.8) is 0 Å². The van der Waals surface area contributed by atoms with Gasteiger partial charge in [-0.05, 0) is 20.8 Å². The first-order valence-corrected chi connectivity index (χ1v) is 5.98. The summed E-state index contributed by atoms with van der Waals surface area (Å²) in [6.45, 7) is 9.18. The number of carbonyl (C=O) groups excluding carboxylic acids is 2. The molecule has 1 amide bonds. The van der Waals surface area contributed by atoms with E-state index in [4.69, 9.17) is 16.3 Å². The van der Waals surface area contributed by atoms with Gasteiger partial charge >= 0.3 is 12.1 Å². The predicted molar refractivity (Wildman–Crippen MR) is 67.0 cm³/mol. The second kappa shape index (κ2) is 10.2. The minimum Gasteiger partial charge on any atom is -0.448 e. The number of halogens is 1. The second-order valence-corrected chi connectivity index (χ2v) is 4.41. The number of nitrogens with one attached hydrogen (secondary N) is 1. The van der Waals surface area contributed by atoms with Crippen LogP contribution >= 0.6 is 11.6 Å². The number of esters is 1. The van der Waals surface area contributed by atoms with E-state index in [1.165, 1.54) is 6.42 Å². The lowest BCUT2D eigenvalue weighted by molar-refractivity contribution is -0.140. The van der Waals surface area contributed by atoms with Crippen molar-refractivity contribution < 1.29 is 19.1 Å². The van der Waals surface area contributed by atoms with E-state index in [-0.39, 0.29) is 12.6 Å². The largest absolute Gasteiger partial charge is 0.448 e. The van der Waals surface area contributed by atoms with Crippen LogP contribution in [0.3, 0.4) is 0 Å². The predicted octanol–water partition coefficient (Wildman–Crippen LogP) is 2.67. The van der Waals surface area contributed by atoms with Crippen LogP contribution in [-0.4, -0.2) is 30.3 Å². The van der Waals surface area contributed by atoms with Crippen molar-refractivity contribution >= 4 is 23.7 Å². The quantitative estimate of drug-likeness (QED) is 0.631. The third kappa shape index (κ3) is 17.6. The molecule has 0 aromatic rings. The zero-order valence-corrected chi connectivity index (χ0v) is 11.9. The summed E-state index contributed by atoms with van der Waals surface area (Å²) >= 11 is 5.13. The van der Waals surface area contributed by atoms with Crippen molar-refractivity contribution in [2.75, 3.05) is 12.6 Å². The highest BCUT2D eigenvalue weighted by atomic mass is 35.5. The fraction of sp³-hybridized carbons (Fsp3) is 0.818. The smallest absolute Gasteiger partial charge is 0.408 e. The van der Waals surface area contributed by atoms with Gasteiger partial charge in [-0.15, -0.1) is 0 Å². The number of hydrogen-bond donors (Lipinski definition) is 1. The molecule has 0 fully saturated rings. The average Bonchev–Trinajstić information content (AvgIpc) is 2.14. The lowest BCUT2D eigenvalue weighted by Crippen LogP contribution is -2.35. The Morgan fingerprint density at radius 2 is 1.71 bits per heavy atom. The number of alkyl carbamates (subject to hydrolysis) is 1. The Hall–Kier alpha value is -0.970. The van der Waals surface area contributed by atoms with E-state index in [1.54, 1.807) is 20.8 Å². The highest BCUT2D eigenvalue weighted by molar-refractivity contribution is 6.17. The first-order chi connectivity index (χ1) is 7.76. The van der Waals surface area contributed by atoms with E-state index in [2.05, 4.69) is 23.9 Å². The van der Waals surface area contributed by atoms with Crippen LogP contribution < -0.4 is 5.32 Å². The highest BCUT2D eigenvalue weighted by Crippen LogP contribution is 2.06. The van der Waals surface area contributed by atoms with Crippen LogP contribution in [0.1, 0.15) is 41.0 Å². The Morgan fingerprint density at radius 1 is 1.24 bits per heavy atom. The minimum absolute atomic E-state index is 0.227. The first kappa shape index (κ1) is 18.4. The van der Waals surface area contributed by atoms with Gasteiger partial charge in [0, 0.05) is 0 Å². The molecule has 0 saturated carbocycles. The van der Waals surface area contributed by atoms with Gasteiger partial charge in [-0.25, -0.2) is 4.79 Å². The molecule has 0 aromatic carbocycles. The SMILES string of the molecule is CC(C)(C)OC(=O)NCC(=O)OCCl.CCC. The van der Waals surface area contributed by atoms with E-state index < -0.39 is 17.7 Å². The molecule has 0 radical (unpaired) electrons. The Labute approximate surface area is 108 Å². The van der Waals surface area contributed by atoms with Crippen LogP contribution in [0, 0.1) is 0 Å². The van der Waals surface area contributed by atoms with E-state index >= 15 is 0 Å². The monoisotopic (exact) mass is 267 g/mol. The van der Waals surface area contributed by atoms with Crippen molar-refractivity contribution in [3.05, 3.63) is 0 Å². The van der Waals surface area contributed by atoms with Crippen LogP contribution in [0.2, 0.25) is 0 Å². The molecule has 0 saturated heterocycles. The molecular weight excluding hydrogens is 246 g/mol. The topological polar surface area (TPSA) is 64.6 Å². The van der Waals surface area contributed by atoms with Crippen LogP contribution in [0.4, 0.5) is 4.79 Å². The standard InChI is InChI=1S/C8H14ClNO4.C3H8/c1-8(2,3)14-7(12)10-4-6(11)13-5-9;1-3-2/h4-5H2,1-3H3,(H,10,12);3H2,1-2H3. The summed E-state index contributed by atoms with van der Waals surface area (Å²) < 4.78 is 9.25. The fourth-order valence-corrected chi connectivity index (χ4v) is 0.692. The molecule has 0 aromatic heterocycles. The van der Waals surface area contributed by atoms with Gasteiger partial charge in [0.05, 0.1) is 0 Å². The molecule has 0 atom stereocenters. The van der Waals surface area contributed by atoms with Crippen molar-refractivity contribution in [1.82, 2.24) is 5.32 Å². The van der Waals surface area contributed by atoms with Gasteiger partial charge in [0.2, 0.25) is 0 Å². The van der Waals surface area contributed by atoms with Crippen molar-refractivity contribution in [2.24, 2.45) is 0 Å². The summed E-state index contributed by atoms with van der Waals surface area (Å²) in [5.74, 6) is -0.606. The number of alkyl halides is 1. The third-order valence-corrected chi connectivity index (χ3v) is 1.10. The zero-order chi connectivity index (χ0) is 13.9. The number of amides is 1. The van der Waals surface area contributed by atoms with E-state index in [9.17, 15) is 9.59 Å². The number of hydrogen-bond acceptors (Lipinski definition) is 4. The summed E-state index contributed by atoms with van der Waals surface area (Å²) in [5, 5.41) is 2.23. The van der Waals surface area contributed by atoms with Crippen molar-refractivity contribution in [2.45, 2.75) is 46.6 Å². The normalized spacial score (nSPS) is 9.76. The molecule has 0 aliphatic carbocycles. The molecule has 5 nitrogen and oxygen atoms in total. The third-order valence-electron chi connectivity index (χ3n) is 0.991. The first-order valence-electron chi connectivity index (χ1n) is 5.45. The van der Waals surface area contributed by atoms with E-state index in [0.29, 0.717) is 0 Å². The van der Waals surface area contributed by atoms with Crippen LogP contribution in [0.15, 0.2) is 0 Å². The Bertz CT molecular complexity index is 226. The van der Waals surface area contributed by atoms with Gasteiger partial charge in [0.1, 0.15) is 12.1 Å². The Kier molecular flexibility index (Phi) is 11.0. The number of carbonyl (C=O) groups is 2. The zero-order valence-electron chi connectivity index (χ0n) is 11.1. The lowest BCUT2D eigenvalue weighted by atomic mass is 10.2. The average molecular weight is 268 g/mol. The molecule has 0 unspecified atom stereocenters. The van der Waals surface area contributed by atoms with E-state index in [1.807, 2.05) is 0 Å². The van der Waals surface area contributed by atoms with E-state index in [0.717, 1.165) is 0 Å². The van der Waals surface area contributed by atoms with Gasteiger partial charge < -0.3 is 14.8 Å². The minimum atomic E-state index is -0.663. The molecule has 0 aliphatic heterocycles. The lowest BCUT2D eigenvalue weighted by Gasteiger charge is -2.19. The summed E-state index contributed by atoms with van der Waals surface area (Å²) in [7, 11) is 0. The molecule has 17 heavy (non-hydrogen) atoms. The Balaban J connectivity index is 0. The van der Waals surface area contributed by atoms with Crippen molar-refractivity contribution in [3.8, 4) is 0 Å².